The molecule has 0 aromatic heterocycles. The lowest BCUT2D eigenvalue weighted by Gasteiger charge is -2.15. The predicted molar refractivity (Wildman–Crippen MR) is 107 cm³/mol. The van der Waals surface area contributed by atoms with Gasteiger partial charge in [0.05, 0.1) is 25.7 Å². The van der Waals surface area contributed by atoms with Gasteiger partial charge in [-0.25, -0.2) is 0 Å². The van der Waals surface area contributed by atoms with Gasteiger partial charge in [-0.1, -0.05) is 35.9 Å². The maximum atomic E-state index is 12.0. The summed E-state index contributed by atoms with van der Waals surface area (Å²) < 4.78 is 16.0. The van der Waals surface area contributed by atoms with E-state index in [0.717, 1.165) is 5.56 Å². The Morgan fingerprint density at radius 2 is 1.79 bits per heavy atom. The van der Waals surface area contributed by atoms with E-state index in [4.69, 9.17) is 25.8 Å². The number of rotatable bonds is 10. The van der Waals surface area contributed by atoms with Crippen molar-refractivity contribution in [3.8, 4) is 11.5 Å². The Labute approximate surface area is 169 Å². The highest BCUT2D eigenvalue weighted by Crippen LogP contribution is 2.26. The van der Waals surface area contributed by atoms with Crippen LogP contribution in [-0.4, -0.2) is 31.7 Å². The molecule has 1 N–H and O–H groups in total. The Bertz CT molecular complexity index is 796. The molecule has 0 aliphatic rings. The molecule has 0 bridgehead atoms. The largest absolute Gasteiger partial charge is 0.490 e. The molecule has 0 radical (unpaired) electrons. The van der Waals surface area contributed by atoms with Gasteiger partial charge in [0.25, 0.3) is 5.91 Å². The van der Waals surface area contributed by atoms with Gasteiger partial charge in [-0.15, -0.1) is 0 Å². The lowest BCUT2D eigenvalue weighted by molar-refractivity contribution is -0.149. The van der Waals surface area contributed by atoms with Gasteiger partial charge in [-0.2, -0.15) is 0 Å². The fourth-order valence-electron chi connectivity index (χ4n) is 2.45. The van der Waals surface area contributed by atoms with Crippen LogP contribution in [0.3, 0.4) is 0 Å². The van der Waals surface area contributed by atoms with E-state index in [1.54, 1.807) is 24.3 Å². The smallest absolute Gasteiger partial charge is 0.309 e. The molecule has 0 fully saturated rings. The Balaban J connectivity index is 1.70. The van der Waals surface area contributed by atoms with Gasteiger partial charge in [-0.3, -0.25) is 9.59 Å². The van der Waals surface area contributed by atoms with Crippen LogP contribution in [0.4, 0.5) is 0 Å². The number of carbonyl (C=O) groups is 2. The maximum Gasteiger partial charge on any atom is 0.309 e. The van der Waals surface area contributed by atoms with E-state index in [1.807, 2.05) is 38.1 Å². The first-order chi connectivity index (χ1) is 13.5. The fourth-order valence-corrected chi connectivity index (χ4v) is 2.65. The molecular formula is C21H24ClNO5. The summed E-state index contributed by atoms with van der Waals surface area (Å²) >= 11 is 5.95. The molecule has 0 saturated heterocycles. The molecule has 0 heterocycles. The third kappa shape index (κ3) is 7.12. The minimum absolute atomic E-state index is 0.0254. The topological polar surface area (TPSA) is 73.9 Å². The van der Waals surface area contributed by atoms with E-state index >= 15 is 0 Å². The number of ether oxygens (including phenoxy) is 3. The van der Waals surface area contributed by atoms with Gasteiger partial charge in [0.2, 0.25) is 0 Å². The summed E-state index contributed by atoms with van der Waals surface area (Å²) in [4.78, 5) is 23.8. The summed E-state index contributed by atoms with van der Waals surface area (Å²) in [6, 6.07) is 14.2. The van der Waals surface area contributed by atoms with Crippen molar-refractivity contribution in [1.29, 1.82) is 0 Å². The number of halogens is 1. The maximum absolute atomic E-state index is 12.0. The molecule has 7 heteroatoms. The van der Waals surface area contributed by atoms with E-state index < -0.39 is 5.97 Å². The van der Waals surface area contributed by atoms with Crippen molar-refractivity contribution < 1.29 is 23.8 Å². The number of hydrogen-bond donors (Lipinski definition) is 1. The van der Waals surface area contributed by atoms with Crippen LogP contribution in [-0.2, 0) is 14.3 Å². The van der Waals surface area contributed by atoms with Gasteiger partial charge in [-0.05, 0) is 43.7 Å². The van der Waals surface area contributed by atoms with E-state index in [2.05, 4.69) is 5.32 Å². The zero-order valence-corrected chi connectivity index (χ0v) is 16.7. The number of para-hydroxylation sites is 2. The first-order valence-corrected chi connectivity index (χ1v) is 9.42. The van der Waals surface area contributed by atoms with Crippen LogP contribution in [0.5, 0.6) is 11.5 Å². The van der Waals surface area contributed by atoms with E-state index in [9.17, 15) is 9.59 Å². The number of hydrogen-bond acceptors (Lipinski definition) is 5. The number of nitrogens with one attached hydrogen (secondary N) is 1. The quantitative estimate of drug-likeness (QED) is 0.606. The Hall–Kier alpha value is -2.73. The number of amides is 1. The highest BCUT2D eigenvalue weighted by Gasteiger charge is 2.13. The third-order valence-corrected chi connectivity index (χ3v) is 4.04. The molecule has 2 aromatic carbocycles. The van der Waals surface area contributed by atoms with Gasteiger partial charge in [0.15, 0.2) is 18.1 Å². The van der Waals surface area contributed by atoms with E-state index in [0.29, 0.717) is 23.1 Å². The molecule has 0 unspecified atom stereocenters. The fraction of sp³-hybridized carbons (Fsp3) is 0.333. The Morgan fingerprint density at radius 3 is 2.46 bits per heavy atom. The molecule has 1 amide bonds. The lowest BCUT2D eigenvalue weighted by Crippen LogP contribution is -2.31. The average Bonchev–Trinajstić information content (AvgIpc) is 2.68. The molecule has 6 nitrogen and oxygen atoms in total. The monoisotopic (exact) mass is 405 g/mol. The molecule has 2 rings (SSSR count). The van der Waals surface area contributed by atoms with Crippen molar-refractivity contribution in [2.45, 2.75) is 26.3 Å². The van der Waals surface area contributed by atoms with Crippen LogP contribution in [0.1, 0.15) is 31.9 Å². The van der Waals surface area contributed by atoms with Gasteiger partial charge in [0.1, 0.15) is 0 Å². The van der Waals surface area contributed by atoms with Crippen LogP contribution in [0, 0.1) is 0 Å². The molecule has 1 atom stereocenters. The van der Waals surface area contributed by atoms with Gasteiger partial charge >= 0.3 is 5.97 Å². The minimum atomic E-state index is -0.514. The van der Waals surface area contributed by atoms with Gasteiger partial charge < -0.3 is 19.5 Å². The standard InChI is InChI=1S/C21H24ClNO5/c1-3-26-18-9-4-5-10-19(18)27-12-11-21(25)28-14-20(24)23-15(2)16-7-6-8-17(22)13-16/h4-10,13,15H,3,11-12,14H2,1-2H3,(H,23,24)/t15-/m1/s1. The van der Waals surface area contributed by atoms with Gasteiger partial charge in [0, 0.05) is 5.02 Å². The molecule has 0 spiro atoms. The van der Waals surface area contributed by atoms with E-state index in [-0.39, 0.29) is 31.6 Å². The second kappa shape index (κ2) is 11.2. The summed E-state index contributed by atoms with van der Waals surface area (Å²) in [5, 5.41) is 3.35. The van der Waals surface area contributed by atoms with Crippen molar-refractivity contribution in [3.63, 3.8) is 0 Å². The lowest BCUT2D eigenvalue weighted by atomic mass is 10.1. The molecule has 150 valence electrons. The van der Waals surface area contributed by atoms with Crippen molar-refractivity contribution in [2.24, 2.45) is 0 Å². The molecule has 0 aliphatic heterocycles. The first kappa shape index (κ1) is 21.6. The molecule has 0 saturated carbocycles. The molecular weight excluding hydrogens is 382 g/mol. The Morgan fingerprint density at radius 1 is 1.07 bits per heavy atom. The van der Waals surface area contributed by atoms with Crippen molar-refractivity contribution in [2.75, 3.05) is 19.8 Å². The second-order valence-electron chi connectivity index (χ2n) is 5.98. The van der Waals surface area contributed by atoms with Crippen LogP contribution in [0.2, 0.25) is 5.02 Å². The Kier molecular flexibility index (Phi) is 8.62. The summed E-state index contributed by atoms with van der Waals surface area (Å²) in [6.45, 7) is 4.01. The second-order valence-corrected chi connectivity index (χ2v) is 6.42. The highest BCUT2D eigenvalue weighted by atomic mass is 35.5. The van der Waals surface area contributed by atoms with E-state index in [1.165, 1.54) is 0 Å². The summed E-state index contributed by atoms with van der Waals surface area (Å²) in [6.07, 6.45) is 0.0254. The normalized spacial score (nSPS) is 11.4. The summed E-state index contributed by atoms with van der Waals surface area (Å²) in [5.74, 6) is 0.279. The van der Waals surface area contributed by atoms with Crippen LogP contribution in [0.25, 0.3) is 0 Å². The zero-order valence-electron chi connectivity index (χ0n) is 15.9. The summed E-state index contributed by atoms with van der Waals surface area (Å²) in [7, 11) is 0. The van der Waals surface area contributed by atoms with Crippen LogP contribution in [0.15, 0.2) is 48.5 Å². The van der Waals surface area contributed by atoms with Crippen LogP contribution < -0.4 is 14.8 Å². The molecule has 2 aromatic rings. The van der Waals surface area contributed by atoms with Crippen molar-refractivity contribution in [1.82, 2.24) is 5.32 Å². The average molecular weight is 406 g/mol. The zero-order chi connectivity index (χ0) is 20.4. The first-order valence-electron chi connectivity index (χ1n) is 9.04. The number of carbonyl (C=O) groups excluding carboxylic acids is 2. The van der Waals surface area contributed by atoms with Crippen LogP contribution >= 0.6 is 11.6 Å². The SMILES string of the molecule is CCOc1ccccc1OCCC(=O)OCC(=O)N[C@H](C)c1cccc(Cl)c1. The minimum Gasteiger partial charge on any atom is -0.490 e. The summed E-state index contributed by atoms with van der Waals surface area (Å²) in [5.41, 5.74) is 0.869. The van der Waals surface area contributed by atoms with Crippen molar-refractivity contribution >= 4 is 23.5 Å². The highest BCUT2D eigenvalue weighted by molar-refractivity contribution is 6.30. The predicted octanol–water partition coefficient (Wildman–Crippen LogP) is 3.93. The van der Waals surface area contributed by atoms with Crippen molar-refractivity contribution in [3.05, 3.63) is 59.1 Å². The molecule has 0 aliphatic carbocycles. The third-order valence-electron chi connectivity index (χ3n) is 3.80. The number of esters is 1. The number of benzene rings is 2. The molecule has 28 heavy (non-hydrogen) atoms.